The largest absolute Gasteiger partial charge is 0.417 e. The Balaban J connectivity index is 2.16. The molecule has 0 saturated carbocycles. The van der Waals surface area contributed by atoms with Crippen LogP contribution >= 0.6 is 0 Å². The van der Waals surface area contributed by atoms with E-state index in [0.29, 0.717) is 5.82 Å². The normalized spacial score (nSPS) is 17.1. The van der Waals surface area contributed by atoms with Crippen LogP contribution in [0.2, 0.25) is 0 Å². The first-order valence-corrected chi connectivity index (χ1v) is 4.67. The third-order valence-corrected chi connectivity index (χ3v) is 2.35. The number of pyridine rings is 1. The van der Waals surface area contributed by atoms with E-state index in [1.807, 2.05) is 4.90 Å². The van der Waals surface area contributed by atoms with Gasteiger partial charge in [0.15, 0.2) is 0 Å². The summed E-state index contributed by atoms with van der Waals surface area (Å²) in [5.74, 6) is 0.608. The number of anilines is 1. The Morgan fingerprint density at radius 2 is 2.07 bits per heavy atom. The molecule has 0 amide bonds. The number of hydrogen-bond donors (Lipinski definition) is 0. The molecule has 81 valence electrons. The number of rotatable bonds is 1. The zero-order chi connectivity index (χ0) is 10.9. The van der Waals surface area contributed by atoms with Gasteiger partial charge in [-0.15, -0.1) is 0 Å². The second-order valence-electron chi connectivity index (χ2n) is 3.43. The van der Waals surface area contributed by atoms with Crippen molar-refractivity contribution in [2.75, 3.05) is 18.0 Å². The molecular formula is C10H10F3N2. The van der Waals surface area contributed by atoms with Crippen LogP contribution in [0.1, 0.15) is 12.0 Å². The molecule has 0 atom stereocenters. The molecule has 0 spiro atoms. The minimum absolute atomic E-state index is 0.608. The van der Waals surface area contributed by atoms with Crippen LogP contribution in [-0.4, -0.2) is 18.1 Å². The fraction of sp³-hybridized carbons (Fsp3) is 0.400. The second-order valence-corrected chi connectivity index (χ2v) is 3.43. The molecule has 1 aromatic heterocycles. The Morgan fingerprint density at radius 3 is 2.53 bits per heavy atom. The molecule has 1 aliphatic heterocycles. The van der Waals surface area contributed by atoms with Crippen LogP contribution in [0.3, 0.4) is 0 Å². The minimum Gasteiger partial charge on any atom is -0.356 e. The number of nitrogens with zero attached hydrogens (tertiary/aromatic N) is 2. The first-order valence-electron chi connectivity index (χ1n) is 4.67. The molecule has 0 unspecified atom stereocenters. The average molecular weight is 215 g/mol. The lowest BCUT2D eigenvalue weighted by Crippen LogP contribution is -2.19. The highest BCUT2D eigenvalue weighted by atomic mass is 19.4. The smallest absolute Gasteiger partial charge is 0.356 e. The van der Waals surface area contributed by atoms with Crippen molar-refractivity contribution < 1.29 is 13.2 Å². The van der Waals surface area contributed by atoms with Gasteiger partial charge in [0.05, 0.1) is 5.56 Å². The number of alkyl halides is 3. The highest BCUT2D eigenvalue weighted by Crippen LogP contribution is 2.29. The maximum atomic E-state index is 12.2. The Bertz CT molecular complexity index is 326. The van der Waals surface area contributed by atoms with Crippen molar-refractivity contribution >= 4 is 5.82 Å². The molecule has 1 saturated heterocycles. The molecule has 2 heterocycles. The van der Waals surface area contributed by atoms with Gasteiger partial charge in [-0.25, -0.2) is 4.98 Å². The summed E-state index contributed by atoms with van der Waals surface area (Å²) in [6.07, 6.45) is -0.377. The van der Waals surface area contributed by atoms with E-state index in [-0.39, 0.29) is 0 Å². The Kier molecular flexibility index (Phi) is 2.54. The molecule has 2 rings (SSSR count). The van der Waals surface area contributed by atoms with Crippen LogP contribution in [0.5, 0.6) is 0 Å². The molecule has 2 nitrogen and oxygen atoms in total. The fourth-order valence-electron chi connectivity index (χ4n) is 1.53. The second kappa shape index (κ2) is 3.72. The lowest BCUT2D eigenvalue weighted by Gasteiger charge is -2.16. The zero-order valence-corrected chi connectivity index (χ0v) is 7.96. The van der Waals surface area contributed by atoms with Gasteiger partial charge in [0.2, 0.25) is 0 Å². The first kappa shape index (κ1) is 10.3. The molecule has 0 aromatic carbocycles. The van der Waals surface area contributed by atoms with E-state index in [0.717, 1.165) is 31.8 Å². The topological polar surface area (TPSA) is 16.1 Å². The van der Waals surface area contributed by atoms with Gasteiger partial charge in [0.25, 0.3) is 0 Å². The Morgan fingerprint density at radius 1 is 1.27 bits per heavy atom. The molecule has 1 aromatic rings. The summed E-state index contributed by atoms with van der Waals surface area (Å²) in [6.45, 7) is 1.59. The van der Waals surface area contributed by atoms with Crippen LogP contribution in [0.25, 0.3) is 0 Å². The van der Waals surface area contributed by atoms with Crippen molar-refractivity contribution in [3.8, 4) is 0 Å². The summed E-state index contributed by atoms with van der Waals surface area (Å²) in [6, 6.07) is 2.49. The Hall–Kier alpha value is -1.26. The summed E-state index contributed by atoms with van der Waals surface area (Å²) in [7, 11) is 0. The number of hydrogen-bond acceptors (Lipinski definition) is 2. The van der Waals surface area contributed by atoms with E-state index in [9.17, 15) is 13.2 Å². The SMILES string of the molecule is FC(F)(F)c1ccc(N2C[CH]CC2)nc1. The van der Waals surface area contributed by atoms with Crippen molar-refractivity contribution in [2.24, 2.45) is 0 Å². The molecule has 1 aliphatic rings. The standard InChI is InChI=1S/C10H10F3N2/c11-10(12,13)8-3-4-9(14-7-8)15-5-1-2-6-15/h1,3-4,7H,2,5-6H2. The molecule has 0 N–H and O–H groups in total. The van der Waals surface area contributed by atoms with Crippen molar-refractivity contribution in [2.45, 2.75) is 12.6 Å². The molecular weight excluding hydrogens is 205 g/mol. The first-order chi connectivity index (χ1) is 7.07. The van der Waals surface area contributed by atoms with Gasteiger partial charge < -0.3 is 4.90 Å². The van der Waals surface area contributed by atoms with Crippen molar-refractivity contribution in [1.82, 2.24) is 4.98 Å². The van der Waals surface area contributed by atoms with Crippen molar-refractivity contribution in [3.05, 3.63) is 30.3 Å². The summed E-state index contributed by atoms with van der Waals surface area (Å²) in [5, 5.41) is 0. The summed E-state index contributed by atoms with van der Waals surface area (Å²) in [5.41, 5.74) is -0.700. The summed E-state index contributed by atoms with van der Waals surface area (Å²) < 4.78 is 36.7. The molecule has 5 heteroatoms. The van der Waals surface area contributed by atoms with Crippen molar-refractivity contribution in [1.29, 1.82) is 0 Å². The van der Waals surface area contributed by atoms with Gasteiger partial charge in [0.1, 0.15) is 5.82 Å². The van der Waals surface area contributed by atoms with Gasteiger partial charge in [-0.05, 0) is 25.0 Å². The number of halogens is 3. The molecule has 0 aliphatic carbocycles. The van der Waals surface area contributed by atoms with E-state index < -0.39 is 11.7 Å². The highest BCUT2D eigenvalue weighted by Gasteiger charge is 2.30. The van der Waals surface area contributed by atoms with E-state index >= 15 is 0 Å². The maximum absolute atomic E-state index is 12.2. The van der Waals surface area contributed by atoms with E-state index in [1.54, 1.807) is 0 Å². The monoisotopic (exact) mass is 215 g/mol. The predicted octanol–water partition coefficient (Wildman–Crippen LogP) is 2.51. The molecule has 1 fully saturated rings. The van der Waals surface area contributed by atoms with E-state index in [4.69, 9.17) is 0 Å². The summed E-state index contributed by atoms with van der Waals surface area (Å²) in [4.78, 5) is 5.76. The van der Waals surface area contributed by atoms with Gasteiger partial charge in [-0.1, -0.05) is 0 Å². The van der Waals surface area contributed by atoms with Gasteiger partial charge in [-0.3, -0.25) is 0 Å². The quantitative estimate of drug-likeness (QED) is 0.715. The van der Waals surface area contributed by atoms with Crippen LogP contribution < -0.4 is 4.90 Å². The maximum Gasteiger partial charge on any atom is 0.417 e. The van der Waals surface area contributed by atoms with Gasteiger partial charge in [0, 0.05) is 19.3 Å². The Labute approximate surface area is 85.7 Å². The van der Waals surface area contributed by atoms with E-state index in [2.05, 4.69) is 11.4 Å². The zero-order valence-electron chi connectivity index (χ0n) is 7.96. The highest BCUT2D eigenvalue weighted by molar-refractivity contribution is 5.41. The van der Waals surface area contributed by atoms with Crippen LogP contribution in [0.15, 0.2) is 18.3 Å². The van der Waals surface area contributed by atoms with Crippen LogP contribution in [0, 0.1) is 6.42 Å². The average Bonchev–Trinajstić information content (AvgIpc) is 2.69. The molecule has 1 radical (unpaired) electrons. The predicted molar refractivity (Wildman–Crippen MR) is 50.4 cm³/mol. The van der Waals surface area contributed by atoms with Crippen molar-refractivity contribution in [3.63, 3.8) is 0 Å². The molecule has 0 bridgehead atoms. The minimum atomic E-state index is -4.30. The lowest BCUT2D eigenvalue weighted by atomic mass is 10.3. The molecule has 15 heavy (non-hydrogen) atoms. The van der Waals surface area contributed by atoms with Gasteiger partial charge >= 0.3 is 6.18 Å². The fourth-order valence-corrected chi connectivity index (χ4v) is 1.53. The lowest BCUT2D eigenvalue weighted by molar-refractivity contribution is -0.137. The summed E-state index contributed by atoms with van der Waals surface area (Å²) >= 11 is 0. The third-order valence-electron chi connectivity index (χ3n) is 2.35. The number of aromatic nitrogens is 1. The van der Waals surface area contributed by atoms with Gasteiger partial charge in [-0.2, -0.15) is 13.2 Å². The van der Waals surface area contributed by atoms with Crippen LogP contribution in [0.4, 0.5) is 19.0 Å². The van der Waals surface area contributed by atoms with E-state index in [1.165, 1.54) is 6.07 Å². The third kappa shape index (κ3) is 2.22. The van der Waals surface area contributed by atoms with Crippen LogP contribution in [-0.2, 0) is 6.18 Å².